The maximum atomic E-state index is 5.48. The van der Waals surface area contributed by atoms with E-state index in [0.717, 1.165) is 11.0 Å². The highest BCUT2D eigenvalue weighted by Gasteiger charge is 2.16. The number of para-hydroxylation sites is 2. The zero-order chi connectivity index (χ0) is 28.1. The smallest absolute Gasteiger partial charge is 0.233 e. The summed E-state index contributed by atoms with van der Waals surface area (Å²) < 4.78 is 27.2. The second-order valence-corrected chi connectivity index (χ2v) is 9.12. The van der Waals surface area contributed by atoms with Gasteiger partial charge in [0.25, 0.3) is 0 Å². The second kappa shape index (κ2) is 11.9. The van der Waals surface area contributed by atoms with Gasteiger partial charge in [0, 0.05) is 29.6 Å². The first-order chi connectivity index (χ1) is 19.5. The van der Waals surface area contributed by atoms with Crippen LogP contribution in [0.15, 0.2) is 64.9 Å². The van der Waals surface area contributed by atoms with Gasteiger partial charge in [0.2, 0.25) is 22.8 Å². The molecule has 0 aliphatic rings. The van der Waals surface area contributed by atoms with E-state index in [4.69, 9.17) is 23.7 Å². The van der Waals surface area contributed by atoms with Crippen molar-refractivity contribution in [1.82, 2.24) is 24.9 Å². The van der Waals surface area contributed by atoms with Gasteiger partial charge in [0.15, 0.2) is 28.2 Å². The van der Waals surface area contributed by atoms with Gasteiger partial charge in [-0.15, -0.1) is 0 Å². The molecule has 0 bridgehead atoms. The van der Waals surface area contributed by atoms with Crippen molar-refractivity contribution in [2.75, 3.05) is 46.2 Å². The van der Waals surface area contributed by atoms with Gasteiger partial charge in [-0.25, -0.2) is 4.98 Å². The number of nitrogens with one attached hydrogen (secondary N) is 3. The van der Waals surface area contributed by atoms with E-state index in [1.165, 1.54) is 11.8 Å². The van der Waals surface area contributed by atoms with Crippen LogP contribution in [0.2, 0.25) is 0 Å². The highest BCUT2D eigenvalue weighted by Crippen LogP contribution is 2.40. The molecule has 0 fully saturated rings. The highest BCUT2D eigenvalue weighted by atomic mass is 32.2. The lowest BCUT2D eigenvalue weighted by Gasteiger charge is -2.15. The molecule has 0 saturated heterocycles. The maximum absolute atomic E-state index is 5.48. The van der Waals surface area contributed by atoms with E-state index >= 15 is 0 Å². The van der Waals surface area contributed by atoms with E-state index < -0.39 is 0 Å². The van der Waals surface area contributed by atoms with E-state index in [1.807, 2.05) is 30.3 Å². The summed E-state index contributed by atoms with van der Waals surface area (Å²) in [6.07, 6.45) is 0. The second-order valence-electron chi connectivity index (χ2n) is 8.16. The lowest BCUT2D eigenvalue weighted by atomic mass is 10.2. The van der Waals surface area contributed by atoms with Gasteiger partial charge < -0.3 is 39.3 Å². The molecule has 5 rings (SSSR count). The van der Waals surface area contributed by atoms with Crippen LogP contribution in [-0.4, -0.2) is 60.5 Å². The van der Waals surface area contributed by atoms with Crippen LogP contribution in [0.4, 0.5) is 23.3 Å². The van der Waals surface area contributed by atoms with Crippen LogP contribution in [0.1, 0.15) is 0 Å². The Hall–Kier alpha value is -4.91. The van der Waals surface area contributed by atoms with Crippen LogP contribution in [0.3, 0.4) is 0 Å². The first kappa shape index (κ1) is 26.7. The van der Waals surface area contributed by atoms with Crippen LogP contribution in [-0.2, 0) is 0 Å². The van der Waals surface area contributed by atoms with Gasteiger partial charge in [-0.05, 0) is 36.0 Å². The third-order valence-corrected chi connectivity index (χ3v) is 6.48. The highest BCUT2D eigenvalue weighted by molar-refractivity contribution is 7.99. The number of benzene rings is 3. The molecule has 5 aromatic rings. The molecule has 0 amide bonds. The Kier molecular flexibility index (Phi) is 7.92. The van der Waals surface area contributed by atoms with Crippen LogP contribution in [0, 0.1) is 0 Å². The summed E-state index contributed by atoms with van der Waals surface area (Å²) in [4.78, 5) is 21.7. The largest absolute Gasteiger partial charge is 0.493 e. The standard InChI is InChI=1S/C27H27N7O5S/c1-35-19-11-10-15(12-20(19)36-2)28-24-32-25(29-16-13-21(37-3)23(39-5)22(14-16)38-4)34-27(33-24)40-26-30-17-8-6-7-9-18(17)31-26/h6-14H,1-5H3,(H,30,31)(H2,28,29,32,33,34). The zero-order valence-electron chi connectivity index (χ0n) is 22.4. The quantitative estimate of drug-likeness (QED) is 0.190. The first-order valence-corrected chi connectivity index (χ1v) is 12.8. The summed E-state index contributed by atoms with van der Waals surface area (Å²) in [7, 11) is 7.81. The summed E-state index contributed by atoms with van der Waals surface area (Å²) in [5.41, 5.74) is 3.08. The molecular weight excluding hydrogens is 534 g/mol. The van der Waals surface area contributed by atoms with E-state index in [-0.39, 0.29) is 5.95 Å². The van der Waals surface area contributed by atoms with Gasteiger partial charge in [-0.3, -0.25) is 0 Å². The molecule has 2 aromatic heterocycles. The van der Waals surface area contributed by atoms with Gasteiger partial charge in [0.05, 0.1) is 46.6 Å². The van der Waals surface area contributed by atoms with E-state index in [2.05, 4.69) is 35.6 Å². The number of aromatic amines is 1. The average molecular weight is 562 g/mol. The first-order valence-electron chi connectivity index (χ1n) is 12.0. The number of nitrogens with zero attached hydrogens (tertiary/aromatic N) is 4. The Morgan fingerprint density at radius 2 is 1.25 bits per heavy atom. The fourth-order valence-electron chi connectivity index (χ4n) is 3.90. The Balaban J connectivity index is 1.51. The SMILES string of the molecule is COc1ccc(Nc2nc(Nc3cc(OC)c(OC)c(OC)c3)nc(Sc3nc4ccccc4[nH]3)n2)cc1OC. The molecule has 0 unspecified atom stereocenters. The number of H-pyrrole nitrogens is 1. The van der Waals surface area contributed by atoms with Crippen molar-refractivity contribution in [3.63, 3.8) is 0 Å². The van der Waals surface area contributed by atoms with Gasteiger partial charge >= 0.3 is 0 Å². The number of imidazole rings is 1. The molecule has 2 heterocycles. The molecule has 206 valence electrons. The van der Waals surface area contributed by atoms with Crippen molar-refractivity contribution in [3.8, 4) is 28.7 Å². The van der Waals surface area contributed by atoms with Crippen molar-refractivity contribution in [1.29, 1.82) is 0 Å². The molecule has 40 heavy (non-hydrogen) atoms. The minimum Gasteiger partial charge on any atom is -0.493 e. The van der Waals surface area contributed by atoms with Gasteiger partial charge in [-0.1, -0.05) is 12.1 Å². The van der Waals surface area contributed by atoms with Crippen LogP contribution < -0.4 is 34.3 Å². The number of hydrogen-bond acceptors (Lipinski definition) is 12. The van der Waals surface area contributed by atoms with E-state index in [9.17, 15) is 0 Å². The molecule has 13 heteroatoms. The number of anilines is 4. The summed E-state index contributed by atoms with van der Waals surface area (Å²) in [5.74, 6) is 3.20. The molecular formula is C27H27N7O5S. The molecule has 3 aromatic carbocycles. The topological polar surface area (TPSA) is 138 Å². The lowest BCUT2D eigenvalue weighted by molar-refractivity contribution is 0.324. The molecule has 0 saturated carbocycles. The van der Waals surface area contributed by atoms with Crippen molar-refractivity contribution in [2.45, 2.75) is 10.3 Å². The van der Waals surface area contributed by atoms with Crippen molar-refractivity contribution < 1.29 is 23.7 Å². The monoisotopic (exact) mass is 561 g/mol. The Morgan fingerprint density at radius 3 is 1.88 bits per heavy atom. The Bertz CT molecular complexity index is 1590. The summed E-state index contributed by atoms with van der Waals surface area (Å²) in [5, 5.41) is 7.49. The van der Waals surface area contributed by atoms with Gasteiger partial charge in [-0.2, -0.15) is 15.0 Å². The van der Waals surface area contributed by atoms with E-state index in [1.54, 1.807) is 59.8 Å². The van der Waals surface area contributed by atoms with Crippen LogP contribution >= 0.6 is 11.8 Å². The van der Waals surface area contributed by atoms with Crippen molar-refractivity contribution in [2.24, 2.45) is 0 Å². The molecule has 0 aliphatic carbocycles. The number of aromatic nitrogens is 5. The van der Waals surface area contributed by atoms with Gasteiger partial charge in [0.1, 0.15) is 0 Å². The number of methoxy groups -OCH3 is 5. The third kappa shape index (κ3) is 5.73. The number of rotatable bonds is 11. The predicted molar refractivity (Wildman–Crippen MR) is 152 cm³/mol. The molecule has 0 spiro atoms. The zero-order valence-corrected chi connectivity index (χ0v) is 23.3. The predicted octanol–water partition coefficient (Wildman–Crippen LogP) is 5.43. The van der Waals surface area contributed by atoms with Crippen LogP contribution in [0.25, 0.3) is 11.0 Å². The fourth-order valence-corrected chi connectivity index (χ4v) is 4.65. The summed E-state index contributed by atoms with van der Waals surface area (Å²) in [6, 6.07) is 16.7. The number of ether oxygens (including phenoxy) is 5. The average Bonchev–Trinajstić information content (AvgIpc) is 3.38. The summed E-state index contributed by atoms with van der Waals surface area (Å²) in [6.45, 7) is 0. The Labute approximate surface area is 234 Å². The minimum absolute atomic E-state index is 0.283. The number of hydrogen-bond donors (Lipinski definition) is 3. The lowest BCUT2D eigenvalue weighted by Crippen LogP contribution is -2.06. The van der Waals surface area contributed by atoms with E-state index in [0.29, 0.717) is 56.4 Å². The summed E-state index contributed by atoms with van der Waals surface area (Å²) >= 11 is 1.27. The van der Waals surface area contributed by atoms with Crippen LogP contribution in [0.5, 0.6) is 28.7 Å². The maximum Gasteiger partial charge on any atom is 0.233 e. The minimum atomic E-state index is 0.283. The van der Waals surface area contributed by atoms with Crippen molar-refractivity contribution in [3.05, 3.63) is 54.6 Å². The molecule has 0 radical (unpaired) electrons. The molecule has 0 aliphatic heterocycles. The Morgan fingerprint density at radius 1 is 0.625 bits per heavy atom. The molecule has 3 N–H and O–H groups in total. The van der Waals surface area contributed by atoms with Crippen molar-refractivity contribution >= 4 is 46.1 Å². The molecule has 12 nitrogen and oxygen atoms in total. The number of fused-ring (bicyclic) bond motifs is 1. The fraction of sp³-hybridized carbons (Fsp3) is 0.185. The third-order valence-electron chi connectivity index (χ3n) is 5.73. The molecule has 0 atom stereocenters. The normalized spacial score (nSPS) is 10.7.